The quantitative estimate of drug-likeness (QED) is 0.0420. The van der Waals surface area contributed by atoms with E-state index in [1.807, 2.05) is 0 Å². The van der Waals surface area contributed by atoms with Crippen LogP contribution in [0.3, 0.4) is 0 Å². The number of aliphatic hydroxyl groups excluding tert-OH is 4. The summed E-state index contributed by atoms with van der Waals surface area (Å²) < 4.78 is 51.5. The fourth-order valence-corrected chi connectivity index (χ4v) is 7.91. The van der Waals surface area contributed by atoms with E-state index in [4.69, 9.17) is 32.4 Å². The Kier molecular flexibility index (Phi) is 14.4. The number of aromatic nitrogens is 10. The van der Waals surface area contributed by atoms with Crippen LogP contribution in [0, 0.1) is 0 Å². The number of pyridine rings is 2. The number of anilines is 2. The van der Waals surface area contributed by atoms with Crippen molar-refractivity contribution in [2.45, 2.75) is 49.1 Å². The van der Waals surface area contributed by atoms with Gasteiger partial charge < -0.3 is 72.1 Å². The number of aromatic amines is 1. The molecule has 29 nitrogen and oxygen atoms in total. The molecule has 63 heavy (non-hydrogen) atoms. The van der Waals surface area contributed by atoms with Gasteiger partial charge in [-0.1, -0.05) is 0 Å². The summed E-state index contributed by atoms with van der Waals surface area (Å²) in [5.41, 5.74) is 23.5. The fourth-order valence-electron chi connectivity index (χ4n) is 5.86. The second kappa shape index (κ2) is 19.6. The Labute approximate surface area is 352 Å². The molecule has 6 aromatic heterocycles. The number of H-pyrrole nitrogens is 1. The summed E-state index contributed by atoms with van der Waals surface area (Å²) >= 11 is 0. The smallest absolute Gasteiger partial charge is 0.478 e. The number of amides is 2. The average molecular weight is 921 g/mol. The molecule has 0 spiro atoms. The van der Waals surface area contributed by atoms with Crippen molar-refractivity contribution in [2.24, 2.45) is 11.5 Å². The van der Waals surface area contributed by atoms with Crippen LogP contribution in [0.1, 0.15) is 33.2 Å². The zero-order valence-corrected chi connectivity index (χ0v) is 33.8. The minimum absolute atomic E-state index is 0.0446. The van der Waals surface area contributed by atoms with Gasteiger partial charge >= 0.3 is 7.82 Å². The first kappa shape index (κ1) is 46.5. The third-order valence-corrected chi connectivity index (χ3v) is 11.5. The molecule has 0 aliphatic carbocycles. The molecule has 8 rings (SSSR count). The number of nitrogen functional groups attached to an aromatic ring is 2. The van der Waals surface area contributed by atoms with Gasteiger partial charge in [0.2, 0.25) is 5.91 Å². The maximum atomic E-state index is 12.4. The highest BCUT2D eigenvalue weighted by Crippen LogP contribution is 2.58. The number of nitrogens with one attached hydrogen (secondary N) is 1. The number of nitrogens with two attached hydrogens (primary N) is 4. The van der Waals surface area contributed by atoms with Crippen molar-refractivity contribution in [1.82, 2.24) is 44.4 Å². The van der Waals surface area contributed by atoms with E-state index in [0.29, 0.717) is 22.5 Å². The molecule has 2 saturated heterocycles. The van der Waals surface area contributed by atoms with Crippen molar-refractivity contribution < 1.29 is 76.3 Å². The molecule has 0 radical (unpaired) electrons. The molecular formula is C32H38N14O15P2. The molecule has 0 saturated carbocycles. The number of hydrogen-bond acceptors (Lipinski definition) is 23. The number of ether oxygens (including phenoxy) is 2. The first-order valence-corrected chi connectivity index (χ1v) is 20.8. The molecule has 2 aliphatic heterocycles. The lowest BCUT2D eigenvalue weighted by Crippen LogP contribution is -2.46. The van der Waals surface area contributed by atoms with Gasteiger partial charge in [-0.15, -0.1) is 0 Å². The van der Waals surface area contributed by atoms with Gasteiger partial charge in [-0.2, -0.15) is 4.57 Å². The SMILES string of the molecule is NC(=O)c1ccc[n+](C2OC(COP(=O)([O-])OP(=O)(O)OCC3OC(n4cnc5c(N)ncnc54)C(O)C3O)C(O)C2O)c1.NC(=O)c1cccnc1.Nc1ncnc2[nH]cnc12. The van der Waals surface area contributed by atoms with Crippen LogP contribution in [-0.2, 0) is 32.0 Å². The lowest BCUT2D eigenvalue weighted by molar-refractivity contribution is -0.765. The summed E-state index contributed by atoms with van der Waals surface area (Å²) in [7, 11) is -11.0. The number of hydrogen-bond donors (Lipinski definition) is 10. The topological polar surface area (TPSA) is 458 Å². The Morgan fingerprint density at radius 2 is 1.49 bits per heavy atom. The summed E-state index contributed by atoms with van der Waals surface area (Å²) in [6, 6.07) is 6.10. The van der Waals surface area contributed by atoms with Crippen LogP contribution in [0.2, 0.25) is 0 Å². The Bertz CT molecular complexity index is 2650. The normalized spacial score (nSPS) is 25.0. The van der Waals surface area contributed by atoms with Crippen LogP contribution in [-0.4, -0.2) is 131 Å². The summed E-state index contributed by atoms with van der Waals surface area (Å²) in [4.78, 5) is 74.0. The van der Waals surface area contributed by atoms with Gasteiger partial charge in [-0.05, 0) is 18.2 Å². The monoisotopic (exact) mass is 920 g/mol. The highest BCUT2D eigenvalue weighted by atomic mass is 31.3. The molecule has 2 amide bonds. The molecule has 10 unspecified atom stereocenters. The van der Waals surface area contributed by atoms with E-state index in [2.05, 4.69) is 53.2 Å². The van der Waals surface area contributed by atoms with Crippen LogP contribution in [0.5, 0.6) is 0 Å². The largest absolute Gasteiger partial charge is 0.756 e. The number of rotatable bonds is 12. The second-order valence-electron chi connectivity index (χ2n) is 13.1. The summed E-state index contributed by atoms with van der Waals surface area (Å²) in [6.45, 7) is -1.89. The highest BCUT2D eigenvalue weighted by Gasteiger charge is 2.49. The number of imidazole rings is 2. The average Bonchev–Trinajstić information content (AvgIpc) is 4.04. The highest BCUT2D eigenvalue weighted by molar-refractivity contribution is 7.60. The fraction of sp³-hybridized carbons (Fsp3) is 0.312. The Balaban J connectivity index is 0.000000282. The standard InChI is InChI=1S/C21H27N7O14P2.C6H6N2O.C5H5N5/c22-17-12-19(25-7-24-17)28(8-26-12)21-16(32)14(30)11(41-21)6-39-44(36,37)42-43(34,35)38-5-10-13(29)15(31)20(40-10)27-3-1-2-9(4-27)18(23)33;7-6(9)5-2-1-3-8-4-5;6-4-3-5(9-1-7-3)10-2-8-4/h1-4,7-8,10-11,13-16,20-21,29-32H,5-6H2,(H5-,22,23,24,25,33,34,35,36,37);1-4H,(H2,7,9);1-2H,(H3,6,7,8,9,10). The lowest BCUT2D eigenvalue weighted by atomic mass is 10.1. The third kappa shape index (κ3) is 11.1. The van der Waals surface area contributed by atoms with E-state index >= 15 is 0 Å². The molecule has 2 aliphatic rings. The molecular weight excluding hydrogens is 882 g/mol. The van der Waals surface area contributed by atoms with Crippen LogP contribution in [0.25, 0.3) is 22.3 Å². The molecule has 336 valence electrons. The molecule has 31 heteroatoms. The van der Waals surface area contributed by atoms with Crippen LogP contribution >= 0.6 is 15.6 Å². The lowest BCUT2D eigenvalue weighted by Gasteiger charge is -2.26. The van der Waals surface area contributed by atoms with Gasteiger partial charge in [0.25, 0.3) is 20.0 Å². The van der Waals surface area contributed by atoms with Gasteiger partial charge in [0.1, 0.15) is 59.8 Å². The number of nitrogens with zero attached hydrogens (tertiary/aromatic N) is 9. The van der Waals surface area contributed by atoms with Crippen LogP contribution in [0.4, 0.5) is 11.6 Å². The number of phosphoric acid groups is 2. The summed E-state index contributed by atoms with van der Waals surface area (Å²) in [6.07, 6.45) is -1.10. The number of aliphatic hydroxyl groups is 4. The van der Waals surface area contributed by atoms with Gasteiger partial charge in [-0.25, -0.2) is 38.8 Å². The number of carbonyl (C=O) groups is 2. The Hall–Kier alpha value is -6.04. The van der Waals surface area contributed by atoms with E-state index in [1.54, 1.807) is 18.3 Å². The van der Waals surface area contributed by atoms with E-state index in [-0.39, 0.29) is 22.5 Å². The number of phosphoric ester groups is 2. The van der Waals surface area contributed by atoms with Gasteiger partial charge in [0, 0.05) is 18.5 Å². The summed E-state index contributed by atoms with van der Waals surface area (Å²) in [5.74, 6) is -0.762. The maximum absolute atomic E-state index is 12.4. The molecule has 6 aromatic rings. The third-order valence-electron chi connectivity index (χ3n) is 8.93. The molecule has 2 fully saturated rings. The van der Waals surface area contributed by atoms with Gasteiger partial charge in [0.15, 0.2) is 47.7 Å². The predicted molar refractivity (Wildman–Crippen MR) is 206 cm³/mol. The minimum atomic E-state index is -5.62. The van der Waals surface area contributed by atoms with Gasteiger partial charge in [0.05, 0.1) is 31.4 Å². The van der Waals surface area contributed by atoms with Crippen molar-refractivity contribution in [1.29, 1.82) is 0 Å². The zero-order valence-electron chi connectivity index (χ0n) is 32.0. The first-order chi connectivity index (χ1) is 29.9. The van der Waals surface area contributed by atoms with Crippen LogP contribution in [0.15, 0.2) is 74.4 Å². The molecule has 8 heterocycles. The number of primary amides is 2. The number of carbonyl (C=O) groups excluding carboxylic acids is 2. The van der Waals surface area contributed by atoms with Crippen molar-refractivity contribution in [2.75, 3.05) is 24.7 Å². The summed E-state index contributed by atoms with van der Waals surface area (Å²) in [5, 5.41) is 41.6. The minimum Gasteiger partial charge on any atom is -0.756 e. The molecule has 14 N–H and O–H groups in total. The van der Waals surface area contributed by atoms with Crippen molar-refractivity contribution in [3.8, 4) is 0 Å². The van der Waals surface area contributed by atoms with E-state index < -0.39 is 89.8 Å². The molecule has 10 atom stereocenters. The maximum Gasteiger partial charge on any atom is 0.478 e. The first-order valence-electron chi connectivity index (χ1n) is 17.9. The Morgan fingerprint density at radius 1 is 0.841 bits per heavy atom. The van der Waals surface area contributed by atoms with Gasteiger partial charge in [-0.3, -0.25) is 28.2 Å². The second-order valence-corrected chi connectivity index (χ2v) is 16.1. The van der Waals surface area contributed by atoms with E-state index in [9.17, 15) is 48.9 Å². The zero-order chi connectivity index (χ0) is 45.6. The Morgan fingerprint density at radius 3 is 2.16 bits per heavy atom. The van der Waals surface area contributed by atoms with Crippen LogP contribution < -0.4 is 32.4 Å². The molecule has 0 bridgehead atoms. The number of fused-ring (bicyclic) bond motifs is 2. The van der Waals surface area contributed by atoms with Crippen molar-refractivity contribution in [3.05, 3.63) is 85.5 Å². The van der Waals surface area contributed by atoms with Crippen molar-refractivity contribution >= 4 is 61.4 Å². The molecule has 0 aromatic carbocycles. The predicted octanol–water partition coefficient (Wildman–Crippen LogP) is -3.53. The van der Waals surface area contributed by atoms with Crippen molar-refractivity contribution in [3.63, 3.8) is 0 Å². The van der Waals surface area contributed by atoms with E-state index in [1.165, 1.54) is 58.8 Å². The van der Waals surface area contributed by atoms with E-state index in [0.717, 1.165) is 6.33 Å².